The molecule has 10 heteroatoms. The molecule has 0 spiro atoms. The number of carbonyl (C=O) groups excluding carboxylic acids is 2. The van der Waals surface area contributed by atoms with E-state index in [1.54, 1.807) is 26.0 Å². The highest BCUT2D eigenvalue weighted by molar-refractivity contribution is 8.13. The summed E-state index contributed by atoms with van der Waals surface area (Å²) in [5, 5.41) is 2.58. The number of ether oxygens (including phenoxy) is 1. The minimum atomic E-state index is -3.73. The number of rotatable bonds is 9. The van der Waals surface area contributed by atoms with Crippen molar-refractivity contribution in [3.8, 4) is 11.5 Å². The summed E-state index contributed by atoms with van der Waals surface area (Å²) in [7, 11) is -3.73. The van der Waals surface area contributed by atoms with Crippen LogP contribution in [0.5, 0.6) is 11.5 Å². The fraction of sp³-hybridized carbons (Fsp3) is 0.364. The van der Waals surface area contributed by atoms with Crippen LogP contribution in [-0.2, 0) is 14.8 Å². The van der Waals surface area contributed by atoms with Gasteiger partial charge in [0.25, 0.3) is 5.24 Å². The number of carbonyl (C=O) groups is 2. The molecular weight excluding hydrogens is 450 g/mol. The SMILES string of the molecule is CCN(CC)S(=O)(=O)c1ccc(Oc2ccc(C)cc2)c(NC(=O)CN2CCSC2=O)c1. The van der Waals surface area contributed by atoms with Crippen molar-refractivity contribution in [1.29, 1.82) is 0 Å². The lowest BCUT2D eigenvalue weighted by Crippen LogP contribution is -2.33. The van der Waals surface area contributed by atoms with Crippen LogP contribution in [0.2, 0.25) is 0 Å². The Morgan fingerprint density at radius 2 is 1.84 bits per heavy atom. The summed E-state index contributed by atoms with van der Waals surface area (Å²) in [5.41, 5.74) is 1.29. The van der Waals surface area contributed by atoms with Crippen molar-refractivity contribution < 1.29 is 22.7 Å². The number of benzene rings is 2. The Balaban J connectivity index is 1.92. The molecule has 0 aliphatic carbocycles. The summed E-state index contributed by atoms with van der Waals surface area (Å²) in [6.45, 7) is 6.55. The van der Waals surface area contributed by atoms with Gasteiger partial charge in [-0.15, -0.1) is 0 Å². The molecule has 0 aromatic heterocycles. The van der Waals surface area contributed by atoms with Crippen molar-refractivity contribution in [2.45, 2.75) is 25.7 Å². The molecule has 2 aromatic carbocycles. The third-order valence-electron chi connectivity index (χ3n) is 5.00. The van der Waals surface area contributed by atoms with Crippen molar-refractivity contribution in [2.24, 2.45) is 0 Å². The summed E-state index contributed by atoms with van der Waals surface area (Å²) >= 11 is 1.17. The highest BCUT2D eigenvalue weighted by Crippen LogP contribution is 2.33. The van der Waals surface area contributed by atoms with Gasteiger partial charge in [-0.2, -0.15) is 4.31 Å². The zero-order valence-electron chi connectivity index (χ0n) is 18.3. The van der Waals surface area contributed by atoms with Crippen molar-refractivity contribution in [2.75, 3.05) is 37.2 Å². The molecule has 1 aliphatic heterocycles. The van der Waals surface area contributed by atoms with Crippen LogP contribution in [0, 0.1) is 6.92 Å². The molecule has 0 saturated carbocycles. The summed E-state index contributed by atoms with van der Waals surface area (Å²) < 4.78 is 33.2. The predicted molar refractivity (Wildman–Crippen MR) is 126 cm³/mol. The first-order valence-corrected chi connectivity index (χ1v) is 12.8. The third kappa shape index (κ3) is 5.62. The average Bonchev–Trinajstić information content (AvgIpc) is 3.15. The van der Waals surface area contributed by atoms with Crippen LogP contribution in [0.25, 0.3) is 0 Å². The normalized spacial score (nSPS) is 14.1. The Hall–Kier alpha value is -2.56. The standard InChI is InChI=1S/C22H27N3O5S2/c1-4-25(5-2)32(28,29)18-10-11-20(30-17-8-6-16(3)7-9-17)19(14-18)23-21(26)15-24-12-13-31-22(24)27/h6-11,14H,4-5,12-13,15H2,1-3H3,(H,23,26). The van der Waals surface area contributed by atoms with Crippen molar-refractivity contribution >= 4 is 38.6 Å². The number of hydrogen-bond donors (Lipinski definition) is 1. The molecule has 2 aromatic rings. The number of sulfonamides is 1. The van der Waals surface area contributed by atoms with E-state index in [4.69, 9.17) is 4.74 Å². The summed E-state index contributed by atoms with van der Waals surface area (Å²) in [6.07, 6.45) is 0. The number of anilines is 1. The van der Waals surface area contributed by atoms with E-state index in [0.29, 0.717) is 36.9 Å². The summed E-state index contributed by atoms with van der Waals surface area (Å²) in [4.78, 5) is 26.0. The molecule has 1 saturated heterocycles. The molecule has 2 amide bonds. The van der Waals surface area contributed by atoms with E-state index in [1.165, 1.54) is 39.2 Å². The second-order valence-corrected chi connectivity index (χ2v) is 10.2. The maximum absolute atomic E-state index is 13.0. The van der Waals surface area contributed by atoms with Crippen LogP contribution < -0.4 is 10.1 Å². The van der Waals surface area contributed by atoms with Gasteiger partial charge in [0.15, 0.2) is 5.75 Å². The van der Waals surface area contributed by atoms with E-state index in [-0.39, 0.29) is 22.4 Å². The van der Waals surface area contributed by atoms with Crippen molar-refractivity contribution in [1.82, 2.24) is 9.21 Å². The maximum Gasteiger partial charge on any atom is 0.282 e. The van der Waals surface area contributed by atoms with E-state index in [0.717, 1.165) is 5.56 Å². The molecule has 0 atom stereocenters. The monoisotopic (exact) mass is 477 g/mol. The first-order chi connectivity index (χ1) is 15.2. The molecule has 8 nitrogen and oxygen atoms in total. The van der Waals surface area contributed by atoms with Gasteiger partial charge in [-0.25, -0.2) is 8.42 Å². The van der Waals surface area contributed by atoms with Crippen LogP contribution in [0.4, 0.5) is 10.5 Å². The van der Waals surface area contributed by atoms with Gasteiger partial charge in [0.05, 0.1) is 10.6 Å². The number of hydrogen-bond acceptors (Lipinski definition) is 6. The van der Waals surface area contributed by atoms with Crippen LogP contribution in [0.3, 0.4) is 0 Å². The maximum atomic E-state index is 13.0. The summed E-state index contributed by atoms with van der Waals surface area (Å²) in [5.74, 6) is 1.08. The molecule has 1 N–H and O–H groups in total. The average molecular weight is 478 g/mol. The van der Waals surface area contributed by atoms with Gasteiger partial charge in [-0.3, -0.25) is 9.59 Å². The molecule has 3 rings (SSSR count). The van der Waals surface area contributed by atoms with E-state index in [2.05, 4.69) is 5.32 Å². The van der Waals surface area contributed by atoms with Gasteiger partial charge in [-0.05, 0) is 37.3 Å². The Morgan fingerprint density at radius 3 is 2.44 bits per heavy atom. The topological polar surface area (TPSA) is 96.0 Å². The smallest absolute Gasteiger partial charge is 0.282 e. The first kappa shape index (κ1) is 24.1. The number of thioether (sulfide) groups is 1. The van der Waals surface area contributed by atoms with Crippen LogP contribution >= 0.6 is 11.8 Å². The van der Waals surface area contributed by atoms with Crippen LogP contribution in [0.15, 0.2) is 47.4 Å². The lowest BCUT2D eigenvalue weighted by atomic mass is 10.2. The van der Waals surface area contributed by atoms with Gasteiger partial charge in [0.1, 0.15) is 12.3 Å². The Morgan fingerprint density at radius 1 is 1.16 bits per heavy atom. The van der Waals surface area contributed by atoms with E-state index in [1.807, 2.05) is 19.1 Å². The lowest BCUT2D eigenvalue weighted by molar-refractivity contribution is -0.116. The van der Waals surface area contributed by atoms with Gasteiger partial charge in [-0.1, -0.05) is 43.3 Å². The van der Waals surface area contributed by atoms with E-state index in [9.17, 15) is 18.0 Å². The molecule has 1 heterocycles. The molecule has 1 fully saturated rings. The quantitative estimate of drug-likeness (QED) is 0.588. The van der Waals surface area contributed by atoms with Gasteiger partial charge in [0, 0.05) is 25.4 Å². The Labute approximate surface area is 193 Å². The zero-order chi connectivity index (χ0) is 23.3. The highest BCUT2D eigenvalue weighted by atomic mass is 32.2. The Kier molecular flexibility index (Phi) is 7.81. The minimum absolute atomic E-state index is 0.0561. The molecule has 32 heavy (non-hydrogen) atoms. The number of nitrogens with one attached hydrogen (secondary N) is 1. The predicted octanol–water partition coefficient (Wildman–Crippen LogP) is 3.93. The van der Waals surface area contributed by atoms with Gasteiger partial charge < -0.3 is 15.0 Å². The van der Waals surface area contributed by atoms with E-state index >= 15 is 0 Å². The Bertz CT molecular complexity index is 1080. The van der Waals surface area contributed by atoms with E-state index < -0.39 is 15.9 Å². The molecular formula is C22H27N3O5S2. The zero-order valence-corrected chi connectivity index (χ0v) is 20.0. The second-order valence-electron chi connectivity index (χ2n) is 7.25. The van der Waals surface area contributed by atoms with Crippen LogP contribution in [-0.4, -0.2) is 60.7 Å². The number of aryl methyl sites for hydroxylation is 1. The van der Waals surface area contributed by atoms with Crippen LogP contribution in [0.1, 0.15) is 19.4 Å². The fourth-order valence-corrected chi connectivity index (χ4v) is 5.54. The number of amides is 2. The molecule has 0 unspecified atom stereocenters. The first-order valence-electron chi connectivity index (χ1n) is 10.3. The second kappa shape index (κ2) is 10.4. The van der Waals surface area contributed by atoms with Crippen molar-refractivity contribution in [3.05, 3.63) is 48.0 Å². The number of nitrogens with zero attached hydrogens (tertiary/aromatic N) is 2. The van der Waals surface area contributed by atoms with Gasteiger partial charge >= 0.3 is 0 Å². The summed E-state index contributed by atoms with van der Waals surface area (Å²) in [6, 6.07) is 11.8. The molecule has 0 bridgehead atoms. The molecule has 1 aliphatic rings. The fourth-order valence-electron chi connectivity index (χ4n) is 3.23. The largest absolute Gasteiger partial charge is 0.455 e. The molecule has 172 valence electrons. The third-order valence-corrected chi connectivity index (χ3v) is 7.93. The molecule has 0 radical (unpaired) electrons. The minimum Gasteiger partial charge on any atom is -0.455 e. The highest BCUT2D eigenvalue weighted by Gasteiger charge is 2.26. The van der Waals surface area contributed by atoms with Crippen molar-refractivity contribution in [3.63, 3.8) is 0 Å². The van der Waals surface area contributed by atoms with Gasteiger partial charge in [0.2, 0.25) is 15.9 Å². The lowest BCUT2D eigenvalue weighted by Gasteiger charge is -2.20.